The Hall–Kier alpha value is -5.17. The van der Waals surface area contributed by atoms with Gasteiger partial charge in [0.25, 0.3) is 11.8 Å². The second kappa shape index (κ2) is 13.4. The number of nitrogens with zero attached hydrogens (tertiary/aromatic N) is 2. The number of imide groups is 2. The number of likely N-dealkylation sites (tertiary alicyclic amines) is 1. The molecule has 4 aromatic carbocycles. The molecular weight excluding hydrogens is 785 g/mol. The van der Waals surface area contributed by atoms with Crippen LogP contribution in [0.1, 0.15) is 41.0 Å². The lowest BCUT2D eigenvalue weighted by Crippen LogP contribution is -2.53. The monoisotopic (exact) mass is 823 g/mol. The topological polar surface area (TPSA) is 136 Å². The number of methoxy groups -OCH3 is 1. The van der Waals surface area contributed by atoms with Crippen LogP contribution in [0.3, 0.4) is 0 Å². The second-order valence-electron chi connectivity index (χ2n) is 14.4. The summed E-state index contributed by atoms with van der Waals surface area (Å²) in [6, 6.07) is 27.0. The summed E-state index contributed by atoms with van der Waals surface area (Å²) in [7, 11) is 1.46. The zero-order chi connectivity index (χ0) is 37.2. The highest BCUT2D eigenvalue weighted by Crippen LogP contribution is 2.64. The van der Waals surface area contributed by atoms with E-state index in [0.29, 0.717) is 33.2 Å². The van der Waals surface area contributed by atoms with Crippen LogP contribution in [-0.2, 0) is 31.0 Å². The molecule has 2 saturated heterocycles. The van der Waals surface area contributed by atoms with Gasteiger partial charge < -0.3 is 14.9 Å². The van der Waals surface area contributed by atoms with Crippen molar-refractivity contribution in [1.82, 2.24) is 9.91 Å². The van der Waals surface area contributed by atoms with E-state index in [0.717, 1.165) is 21.7 Å². The molecule has 4 aromatic rings. The standard InChI is InChI=1S/C42H38IN3O7/c1-23-8-12-27(13-9-23)44-46-39(50)32-22-31-29(16-17-30-35(31)40(51)45(38(30)49)19-18-24-10-14-28(47)15-11-24)36(25-20-33(43)37(48)34(21-25)53-2)42(32,41(46)52)26-6-4-3-5-7-26/h3-16,20-21,30-32,35-36,44,47-48H,17-19,22H2,1-2H3. The fourth-order valence-electron chi connectivity index (χ4n) is 9.23. The minimum atomic E-state index is -1.43. The Labute approximate surface area is 320 Å². The number of phenols is 2. The van der Waals surface area contributed by atoms with Crippen molar-refractivity contribution >= 4 is 51.9 Å². The highest BCUT2D eigenvalue weighted by Gasteiger charge is 2.70. The highest BCUT2D eigenvalue weighted by atomic mass is 127. The number of phenolic OH excluding ortho intramolecular Hbond substituents is 2. The minimum Gasteiger partial charge on any atom is -0.508 e. The first-order valence-electron chi connectivity index (χ1n) is 17.7. The van der Waals surface area contributed by atoms with E-state index in [1.807, 2.05) is 96.3 Å². The smallest absolute Gasteiger partial charge is 0.260 e. The number of halogens is 1. The van der Waals surface area contributed by atoms with Crippen LogP contribution in [0.15, 0.2) is 103 Å². The van der Waals surface area contributed by atoms with E-state index < -0.39 is 46.8 Å². The van der Waals surface area contributed by atoms with E-state index in [4.69, 9.17) is 4.74 Å². The number of nitrogens with one attached hydrogen (secondary N) is 1. The molecule has 11 heteroatoms. The molecule has 3 N–H and O–H groups in total. The van der Waals surface area contributed by atoms with Crippen LogP contribution in [0.2, 0.25) is 0 Å². The molecule has 6 atom stereocenters. The first kappa shape index (κ1) is 34.9. The molecule has 2 aliphatic carbocycles. The third-order valence-electron chi connectivity index (χ3n) is 11.6. The number of fused-ring (bicyclic) bond motifs is 4. The maximum atomic E-state index is 15.3. The molecule has 10 nitrogen and oxygen atoms in total. The molecule has 0 aromatic heterocycles. The van der Waals surface area contributed by atoms with E-state index in [9.17, 15) is 24.6 Å². The van der Waals surface area contributed by atoms with Crippen molar-refractivity contribution in [1.29, 1.82) is 0 Å². The number of aromatic hydroxyl groups is 2. The molecule has 270 valence electrons. The summed E-state index contributed by atoms with van der Waals surface area (Å²) in [4.78, 5) is 60.0. The first-order valence-corrected chi connectivity index (χ1v) is 18.8. The predicted molar refractivity (Wildman–Crippen MR) is 205 cm³/mol. The van der Waals surface area contributed by atoms with Gasteiger partial charge >= 0.3 is 0 Å². The zero-order valence-corrected chi connectivity index (χ0v) is 31.3. The third-order valence-corrected chi connectivity index (χ3v) is 12.5. The molecule has 2 aliphatic heterocycles. The summed E-state index contributed by atoms with van der Waals surface area (Å²) in [5, 5.41) is 21.8. The number of allylic oxidation sites excluding steroid dienone is 2. The van der Waals surface area contributed by atoms with Crippen molar-refractivity contribution in [3.8, 4) is 17.2 Å². The zero-order valence-electron chi connectivity index (χ0n) is 29.2. The Balaban J connectivity index is 1.27. The number of ether oxygens (including phenoxy) is 1. The van der Waals surface area contributed by atoms with E-state index in [-0.39, 0.29) is 42.0 Å². The lowest BCUT2D eigenvalue weighted by molar-refractivity contribution is -0.141. The fraction of sp³-hybridized carbons (Fsp3) is 0.286. The lowest BCUT2D eigenvalue weighted by Gasteiger charge is -2.50. The van der Waals surface area contributed by atoms with Gasteiger partial charge in [-0.25, -0.2) is 0 Å². The Morgan fingerprint density at radius 3 is 2.30 bits per heavy atom. The van der Waals surface area contributed by atoms with Crippen LogP contribution in [0.5, 0.6) is 17.2 Å². The van der Waals surface area contributed by atoms with Crippen LogP contribution >= 0.6 is 22.6 Å². The van der Waals surface area contributed by atoms with Gasteiger partial charge in [0.2, 0.25) is 11.8 Å². The normalized spacial score (nSPS) is 26.2. The van der Waals surface area contributed by atoms with E-state index in [1.54, 1.807) is 30.3 Å². The largest absolute Gasteiger partial charge is 0.508 e. The summed E-state index contributed by atoms with van der Waals surface area (Å²) in [6.07, 6.45) is 2.95. The molecule has 4 aliphatic rings. The summed E-state index contributed by atoms with van der Waals surface area (Å²) < 4.78 is 6.12. The fourth-order valence-corrected chi connectivity index (χ4v) is 9.85. The molecular formula is C42H38IN3O7. The molecule has 0 spiro atoms. The number of amides is 4. The van der Waals surface area contributed by atoms with Gasteiger partial charge in [-0.1, -0.05) is 71.8 Å². The van der Waals surface area contributed by atoms with Crippen LogP contribution in [-0.4, -0.2) is 57.4 Å². The number of carbonyl (C=O) groups excluding carboxylic acids is 4. The van der Waals surface area contributed by atoms with Crippen molar-refractivity contribution in [2.45, 2.75) is 37.5 Å². The Kier molecular flexibility index (Phi) is 8.79. The lowest BCUT2D eigenvalue weighted by atomic mass is 9.49. The predicted octanol–water partition coefficient (Wildman–Crippen LogP) is 6.25. The summed E-state index contributed by atoms with van der Waals surface area (Å²) in [5.41, 5.74) is 6.33. The number of hydrogen-bond donors (Lipinski definition) is 3. The molecule has 0 radical (unpaired) electrons. The quantitative estimate of drug-likeness (QED) is 0.108. The van der Waals surface area contributed by atoms with Crippen molar-refractivity contribution in [2.24, 2.45) is 23.7 Å². The average molecular weight is 824 g/mol. The Bertz CT molecular complexity index is 2170. The molecule has 1 saturated carbocycles. The van der Waals surface area contributed by atoms with Crippen molar-refractivity contribution in [3.05, 3.63) is 128 Å². The second-order valence-corrected chi connectivity index (χ2v) is 15.6. The number of benzene rings is 4. The molecule has 4 amide bonds. The molecule has 3 fully saturated rings. The van der Waals surface area contributed by atoms with E-state index in [2.05, 4.69) is 5.43 Å². The van der Waals surface area contributed by atoms with Gasteiger partial charge in [-0.2, -0.15) is 5.01 Å². The van der Waals surface area contributed by atoms with Gasteiger partial charge in [0.15, 0.2) is 11.5 Å². The first-order chi connectivity index (χ1) is 25.5. The van der Waals surface area contributed by atoms with Crippen LogP contribution in [0.4, 0.5) is 5.69 Å². The molecule has 53 heavy (non-hydrogen) atoms. The summed E-state index contributed by atoms with van der Waals surface area (Å²) in [5.74, 6) is -4.46. The van der Waals surface area contributed by atoms with Gasteiger partial charge in [0.1, 0.15) is 5.75 Å². The van der Waals surface area contributed by atoms with Crippen LogP contribution < -0.4 is 10.2 Å². The molecule has 2 heterocycles. The molecule has 0 bridgehead atoms. The van der Waals surface area contributed by atoms with Gasteiger partial charge in [0.05, 0.1) is 39.5 Å². The number of hydrogen-bond acceptors (Lipinski definition) is 8. The third kappa shape index (κ3) is 5.50. The van der Waals surface area contributed by atoms with Crippen molar-refractivity contribution in [3.63, 3.8) is 0 Å². The van der Waals surface area contributed by atoms with Crippen molar-refractivity contribution in [2.75, 3.05) is 19.1 Å². The van der Waals surface area contributed by atoms with E-state index >= 15 is 4.79 Å². The highest BCUT2D eigenvalue weighted by molar-refractivity contribution is 14.1. The maximum absolute atomic E-state index is 15.3. The Morgan fingerprint density at radius 1 is 0.887 bits per heavy atom. The average Bonchev–Trinajstić information content (AvgIpc) is 3.54. The number of carbonyl (C=O) groups is 4. The summed E-state index contributed by atoms with van der Waals surface area (Å²) in [6.45, 7) is 2.15. The minimum absolute atomic E-state index is 0.0375. The molecule has 6 unspecified atom stereocenters. The number of aryl methyl sites for hydroxylation is 1. The number of hydrazine groups is 1. The van der Waals surface area contributed by atoms with Crippen molar-refractivity contribution < 1.29 is 34.1 Å². The van der Waals surface area contributed by atoms with Gasteiger partial charge in [0, 0.05) is 12.5 Å². The van der Waals surface area contributed by atoms with Gasteiger partial charge in [-0.15, -0.1) is 0 Å². The van der Waals surface area contributed by atoms with Gasteiger partial charge in [-0.05, 0) is 108 Å². The molecule has 8 rings (SSSR count). The maximum Gasteiger partial charge on any atom is 0.260 e. The van der Waals surface area contributed by atoms with Crippen LogP contribution in [0, 0.1) is 34.2 Å². The van der Waals surface area contributed by atoms with E-state index in [1.165, 1.54) is 12.0 Å². The number of rotatable bonds is 8. The van der Waals surface area contributed by atoms with Crippen LogP contribution in [0.25, 0.3) is 0 Å². The summed E-state index contributed by atoms with van der Waals surface area (Å²) >= 11 is 2.04. The van der Waals surface area contributed by atoms with Gasteiger partial charge in [-0.3, -0.25) is 29.5 Å². The number of anilines is 1. The Morgan fingerprint density at radius 2 is 1.60 bits per heavy atom. The SMILES string of the molecule is COc1cc(C2C3=CCC4C(=O)N(CCc5ccc(O)cc5)C(=O)C4C3CC3C(=O)N(Nc4ccc(C)cc4)C(=O)C32c2ccccc2)cc(I)c1O.